The summed E-state index contributed by atoms with van der Waals surface area (Å²) < 4.78 is 0.900. The number of anilines is 1. The summed E-state index contributed by atoms with van der Waals surface area (Å²) in [6.07, 6.45) is 0. The molecule has 0 spiro atoms. The number of rotatable bonds is 3. The summed E-state index contributed by atoms with van der Waals surface area (Å²) in [5.41, 5.74) is 8.44. The maximum atomic E-state index is 12.3. The molecule has 0 radical (unpaired) electrons. The standard InChI is InChI=1S/C15H12ClIN2OS/c1-8-2-3-9(14(18)21)7-13(8)19-15(20)10-4-5-12(17)11(16)6-10/h2-7H,1H3,(H2,18,21)(H,19,20). The molecule has 0 saturated carbocycles. The van der Waals surface area contributed by atoms with Crippen molar-refractivity contribution in [2.75, 3.05) is 5.32 Å². The summed E-state index contributed by atoms with van der Waals surface area (Å²) in [7, 11) is 0. The lowest BCUT2D eigenvalue weighted by molar-refractivity contribution is 0.102. The number of hydrogen-bond donors (Lipinski definition) is 2. The van der Waals surface area contributed by atoms with Gasteiger partial charge in [-0.3, -0.25) is 4.79 Å². The van der Waals surface area contributed by atoms with E-state index in [1.165, 1.54) is 0 Å². The summed E-state index contributed by atoms with van der Waals surface area (Å²) in [6, 6.07) is 10.6. The minimum absolute atomic E-state index is 0.225. The average Bonchev–Trinajstić information content (AvgIpc) is 2.43. The molecule has 108 valence electrons. The summed E-state index contributed by atoms with van der Waals surface area (Å²) >= 11 is 13.1. The molecule has 6 heteroatoms. The highest BCUT2D eigenvalue weighted by atomic mass is 127. The Morgan fingerprint density at radius 3 is 2.52 bits per heavy atom. The van der Waals surface area contributed by atoms with Crippen LogP contribution in [-0.2, 0) is 0 Å². The van der Waals surface area contributed by atoms with Crippen molar-refractivity contribution in [2.45, 2.75) is 6.92 Å². The Hall–Kier alpha value is -1.18. The summed E-state index contributed by atoms with van der Waals surface area (Å²) in [6.45, 7) is 1.90. The fraction of sp³-hybridized carbons (Fsp3) is 0.0667. The van der Waals surface area contributed by atoms with Gasteiger partial charge in [-0.15, -0.1) is 0 Å². The first kappa shape index (κ1) is 16.2. The van der Waals surface area contributed by atoms with Crippen LogP contribution >= 0.6 is 46.4 Å². The molecule has 0 aliphatic carbocycles. The fourth-order valence-electron chi connectivity index (χ4n) is 1.74. The molecule has 0 aliphatic heterocycles. The van der Waals surface area contributed by atoms with Crippen molar-refractivity contribution in [3.05, 3.63) is 61.7 Å². The molecule has 0 unspecified atom stereocenters. The van der Waals surface area contributed by atoms with Crippen molar-refractivity contribution in [3.8, 4) is 0 Å². The zero-order valence-electron chi connectivity index (χ0n) is 11.1. The van der Waals surface area contributed by atoms with Crippen LogP contribution in [0.1, 0.15) is 21.5 Å². The van der Waals surface area contributed by atoms with E-state index in [1.807, 2.05) is 19.1 Å². The Bertz CT molecular complexity index is 734. The Balaban J connectivity index is 2.28. The highest BCUT2D eigenvalue weighted by Crippen LogP contribution is 2.22. The fourth-order valence-corrected chi connectivity index (χ4v) is 2.38. The monoisotopic (exact) mass is 430 g/mol. The average molecular weight is 431 g/mol. The lowest BCUT2D eigenvalue weighted by Gasteiger charge is -2.10. The number of hydrogen-bond acceptors (Lipinski definition) is 2. The largest absolute Gasteiger partial charge is 0.389 e. The van der Waals surface area contributed by atoms with Crippen LogP contribution in [-0.4, -0.2) is 10.9 Å². The summed E-state index contributed by atoms with van der Waals surface area (Å²) in [5, 5.41) is 3.41. The number of carbonyl (C=O) groups is 1. The summed E-state index contributed by atoms with van der Waals surface area (Å²) in [4.78, 5) is 12.6. The topological polar surface area (TPSA) is 55.1 Å². The van der Waals surface area contributed by atoms with E-state index in [0.29, 0.717) is 26.8 Å². The van der Waals surface area contributed by atoms with Gasteiger partial charge in [0.1, 0.15) is 4.99 Å². The molecule has 0 fully saturated rings. The second-order valence-electron chi connectivity index (χ2n) is 4.48. The van der Waals surface area contributed by atoms with Gasteiger partial charge in [-0.05, 0) is 59.3 Å². The number of carbonyl (C=O) groups excluding carboxylic acids is 1. The summed E-state index contributed by atoms with van der Waals surface area (Å²) in [5.74, 6) is -0.225. The Kier molecular flexibility index (Phi) is 5.18. The predicted octanol–water partition coefficient (Wildman–Crippen LogP) is 4.14. The van der Waals surface area contributed by atoms with E-state index in [2.05, 4.69) is 27.9 Å². The van der Waals surface area contributed by atoms with Crippen molar-refractivity contribution < 1.29 is 4.79 Å². The van der Waals surface area contributed by atoms with Crippen LogP contribution in [0.4, 0.5) is 5.69 Å². The third kappa shape index (κ3) is 3.93. The number of nitrogens with one attached hydrogen (secondary N) is 1. The molecule has 3 nitrogen and oxygen atoms in total. The molecule has 0 aliphatic rings. The van der Waals surface area contributed by atoms with E-state index in [-0.39, 0.29) is 5.91 Å². The van der Waals surface area contributed by atoms with E-state index in [0.717, 1.165) is 9.13 Å². The minimum atomic E-state index is -0.225. The van der Waals surface area contributed by atoms with Crippen molar-refractivity contribution in [1.29, 1.82) is 0 Å². The van der Waals surface area contributed by atoms with Gasteiger partial charge in [0, 0.05) is 20.4 Å². The molecule has 2 aromatic rings. The van der Waals surface area contributed by atoms with Crippen LogP contribution in [0.15, 0.2) is 36.4 Å². The molecule has 1 amide bonds. The number of benzene rings is 2. The van der Waals surface area contributed by atoms with Crippen LogP contribution in [0.5, 0.6) is 0 Å². The van der Waals surface area contributed by atoms with Gasteiger partial charge in [0.25, 0.3) is 5.91 Å². The Morgan fingerprint density at radius 1 is 1.24 bits per heavy atom. The van der Waals surface area contributed by atoms with Gasteiger partial charge in [0.05, 0.1) is 5.02 Å². The van der Waals surface area contributed by atoms with E-state index in [1.54, 1.807) is 24.3 Å². The number of amides is 1. The molecule has 2 aromatic carbocycles. The predicted molar refractivity (Wildman–Crippen MR) is 99.2 cm³/mol. The second kappa shape index (κ2) is 6.72. The SMILES string of the molecule is Cc1ccc(C(N)=S)cc1NC(=O)c1ccc(I)c(Cl)c1. The number of thiocarbonyl (C=S) groups is 1. The minimum Gasteiger partial charge on any atom is -0.389 e. The molecule has 0 atom stereocenters. The smallest absolute Gasteiger partial charge is 0.255 e. The van der Waals surface area contributed by atoms with Gasteiger partial charge in [0.15, 0.2) is 0 Å². The zero-order chi connectivity index (χ0) is 15.6. The van der Waals surface area contributed by atoms with Gasteiger partial charge >= 0.3 is 0 Å². The first-order valence-corrected chi connectivity index (χ1v) is 7.92. The highest BCUT2D eigenvalue weighted by Gasteiger charge is 2.10. The maximum absolute atomic E-state index is 12.3. The molecule has 0 bridgehead atoms. The number of nitrogens with two attached hydrogens (primary N) is 1. The van der Waals surface area contributed by atoms with E-state index < -0.39 is 0 Å². The van der Waals surface area contributed by atoms with Crippen molar-refractivity contribution >= 4 is 63.0 Å². The number of aryl methyl sites for hydroxylation is 1. The van der Waals surface area contributed by atoms with E-state index in [4.69, 9.17) is 29.6 Å². The quantitative estimate of drug-likeness (QED) is 0.568. The zero-order valence-corrected chi connectivity index (χ0v) is 14.8. The Labute approximate surface area is 147 Å². The molecule has 3 N–H and O–H groups in total. The molecule has 21 heavy (non-hydrogen) atoms. The van der Waals surface area contributed by atoms with E-state index >= 15 is 0 Å². The van der Waals surface area contributed by atoms with Crippen LogP contribution in [0.3, 0.4) is 0 Å². The van der Waals surface area contributed by atoms with Crippen LogP contribution < -0.4 is 11.1 Å². The highest BCUT2D eigenvalue weighted by molar-refractivity contribution is 14.1. The molecular formula is C15H12ClIN2OS. The van der Waals surface area contributed by atoms with Crippen LogP contribution in [0.2, 0.25) is 5.02 Å². The first-order chi connectivity index (χ1) is 9.88. The normalized spacial score (nSPS) is 10.2. The van der Waals surface area contributed by atoms with Crippen molar-refractivity contribution in [1.82, 2.24) is 0 Å². The van der Waals surface area contributed by atoms with Crippen LogP contribution in [0, 0.1) is 10.5 Å². The van der Waals surface area contributed by atoms with Gasteiger partial charge in [-0.2, -0.15) is 0 Å². The van der Waals surface area contributed by atoms with Crippen molar-refractivity contribution in [2.24, 2.45) is 5.73 Å². The molecule has 0 saturated heterocycles. The number of halogens is 2. The van der Waals surface area contributed by atoms with Gasteiger partial charge in [-0.1, -0.05) is 36.0 Å². The third-order valence-electron chi connectivity index (χ3n) is 2.95. The van der Waals surface area contributed by atoms with Gasteiger partial charge in [-0.25, -0.2) is 0 Å². The molecular weight excluding hydrogens is 419 g/mol. The first-order valence-electron chi connectivity index (χ1n) is 6.05. The van der Waals surface area contributed by atoms with Crippen LogP contribution in [0.25, 0.3) is 0 Å². The van der Waals surface area contributed by atoms with Gasteiger partial charge < -0.3 is 11.1 Å². The van der Waals surface area contributed by atoms with E-state index in [9.17, 15) is 4.79 Å². The lowest BCUT2D eigenvalue weighted by atomic mass is 10.1. The lowest BCUT2D eigenvalue weighted by Crippen LogP contribution is -2.15. The molecule has 2 rings (SSSR count). The molecule has 0 heterocycles. The van der Waals surface area contributed by atoms with Crippen molar-refractivity contribution in [3.63, 3.8) is 0 Å². The third-order valence-corrected chi connectivity index (χ3v) is 4.76. The Morgan fingerprint density at radius 2 is 1.90 bits per heavy atom. The van der Waals surface area contributed by atoms with Gasteiger partial charge in [0.2, 0.25) is 0 Å². The maximum Gasteiger partial charge on any atom is 0.255 e. The molecule has 0 aromatic heterocycles. The second-order valence-corrected chi connectivity index (χ2v) is 6.49.